The molecule has 0 aliphatic heterocycles. The van der Waals surface area contributed by atoms with Crippen molar-refractivity contribution in [2.75, 3.05) is 34.9 Å². The number of quaternary nitrogens is 1. The predicted octanol–water partition coefficient (Wildman–Crippen LogP) is -6.96. The van der Waals surface area contributed by atoms with E-state index in [1.54, 1.807) is 0 Å². The Bertz CT molecular complexity index is 102. The molecule has 0 fully saturated rings. The number of rotatable bonds is 1. The molecule has 6 heteroatoms. The van der Waals surface area contributed by atoms with Crippen LogP contribution in [0.5, 0.6) is 0 Å². The van der Waals surface area contributed by atoms with Crippen molar-refractivity contribution in [2.24, 2.45) is 0 Å². The molecular formula is C6H14ClFNNaO2. The van der Waals surface area contributed by atoms with Crippen molar-refractivity contribution in [2.45, 2.75) is 0 Å². The molecule has 0 amide bonds. The second-order valence-corrected chi connectivity index (χ2v) is 3.19. The molecule has 70 valence electrons. The van der Waals surface area contributed by atoms with Gasteiger partial charge in [-0.1, -0.05) is 0 Å². The molecule has 12 heavy (non-hydrogen) atoms. The summed E-state index contributed by atoms with van der Waals surface area (Å²) in [5.41, 5.74) is 0. The third-order valence-electron chi connectivity index (χ3n) is 0.109. The molecule has 0 radical (unpaired) electrons. The quantitative estimate of drug-likeness (QED) is 0.318. The number of carboxylic acids is 1. The average Bonchev–Trinajstić information content (AvgIpc) is 1.61. The Hall–Kier alpha value is 0.650. The van der Waals surface area contributed by atoms with E-state index >= 15 is 0 Å². The SMILES string of the molecule is C[N+](C)(C)C.O=C([O-])CF.[Cl-].[Na+]. The van der Waals surface area contributed by atoms with E-state index in [0.29, 0.717) is 0 Å². The van der Waals surface area contributed by atoms with Crippen LogP contribution in [0.3, 0.4) is 0 Å². The van der Waals surface area contributed by atoms with Crippen LogP contribution in [0.15, 0.2) is 0 Å². The zero-order valence-corrected chi connectivity index (χ0v) is 11.0. The van der Waals surface area contributed by atoms with Crippen LogP contribution in [0.4, 0.5) is 4.39 Å². The zero-order chi connectivity index (χ0) is 8.78. The monoisotopic (exact) mass is 209 g/mol. The van der Waals surface area contributed by atoms with Crippen LogP contribution < -0.4 is 47.1 Å². The van der Waals surface area contributed by atoms with Crippen molar-refractivity contribution in [3.63, 3.8) is 0 Å². The van der Waals surface area contributed by atoms with E-state index in [2.05, 4.69) is 28.2 Å². The number of aliphatic carboxylic acids is 1. The first kappa shape index (κ1) is 22.9. The first-order chi connectivity index (χ1) is 4.27. The van der Waals surface area contributed by atoms with Gasteiger partial charge in [-0.3, -0.25) is 0 Å². The molecular weight excluding hydrogens is 196 g/mol. The van der Waals surface area contributed by atoms with E-state index in [1.165, 1.54) is 0 Å². The van der Waals surface area contributed by atoms with Crippen LogP contribution in [-0.2, 0) is 4.79 Å². The first-order valence-electron chi connectivity index (χ1n) is 2.82. The topological polar surface area (TPSA) is 40.1 Å². The van der Waals surface area contributed by atoms with Crippen LogP contribution in [0.1, 0.15) is 0 Å². The van der Waals surface area contributed by atoms with E-state index < -0.39 is 12.6 Å². The van der Waals surface area contributed by atoms with Gasteiger partial charge in [0.2, 0.25) is 0 Å². The molecule has 0 heterocycles. The summed E-state index contributed by atoms with van der Waals surface area (Å²) in [4.78, 5) is 8.88. The van der Waals surface area contributed by atoms with Crippen LogP contribution in [0, 0.1) is 0 Å². The largest absolute Gasteiger partial charge is 1.00 e. The summed E-state index contributed by atoms with van der Waals surface area (Å²) in [5.74, 6) is -1.66. The van der Waals surface area contributed by atoms with Crippen molar-refractivity contribution < 1.29 is 60.7 Å². The molecule has 0 saturated carbocycles. The second kappa shape index (κ2) is 11.6. The molecule has 0 aromatic carbocycles. The number of carboxylic acid groups (broad SMARTS) is 1. The Morgan fingerprint density at radius 1 is 1.33 bits per heavy atom. The van der Waals surface area contributed by atoms with Crippen molar-refractivity contribution >= 4 is 5.97 Å². The van der Waals surface area contributed by atoms with Crippen molar-refractivity contribution in [3.8, 4) is 0 Å². The molecule has 0 aromatic heterocycles. The molecule has 0 aromatic rings. The maximum absolute atomic E-state index is 10.5. The summed E-state index contributed by atoms with van der Waals surface area (Å²) >= 11 is 0. The number of alkyl halides is 1. The van der Waals surface area contributed by atoms with Gasteiger partial charge in [0.05, 0.1) is 34.2 Å². The van der Waals surface area contributed by atoms with Gasteiger partial charge >= 0.3 is 29.6 Å². The first-order valence-corrected chi connectivity index (χ1v) is 2.82. The van der Waals surface area contributed by atoms with Crippen LogP contribution in [0.25, 0.3) is 0 Å². The molecule has 0 aliphatic carbocycles. The minimum Gasteiger partial charge on any atom is -1.00 e. The molecule has 0 rings (SSSR count). The summed E-state index contributed by atoms with van der Waals surface area (Å²) in [6.45, 7) is -1.39. The number of carbonyl (C=O) groups excluding carboxylic acids is 1. The Balaban J connectivity index is -0.0000000457. The van der Waals surface area contributed by atoms with E-state index in [1.807, 2.05) is 0 Å². The summed E-state index contributed by atoms with van der Waals surface area (Å²) in [5, 5.41) is 8.88. The standard InChI is InChI=1S/C4H12N.C2H3FO2.ClH.Na/c1-5(2,3)4;3-1-2(4)5;;/h1-4H3;1H2,(H,4,5);1H;/q+1;;;+1/p-2. The van der Waals surface area contributed by atoms with E-state index in [0.717, 1.165) is 4.48 Å². The fraction of sp³-hybridized carbons (Fsp3) is 0.833. The number of nitrogens with zero attached hydrogens (tertiary/aromatic N) is 1. The van der Waals surface area contributed by atoms with Crippen LogP contribution in [-0.4, -0.2) is 45.3 Å². The van der Waals surface area contributed by atoms with Crippen LogP contribution >= 0.6 is 0 Å². The smallest absolute Gasteiger partial charge is 1.00 e. The van der Waals surface area contributed by atoms with Gasteiger partial charge in [0.25, 0.3) is 0 Å². The predicted molar refractivity (Wildman–Crippen MR) is 34.9 cm³/mol. The average molecular weight is 210 g/mol. The van der Waals surface area contributed by atoms with Crippen molar-refractivity contribution in [1.82, 2.24) is 0 Å². The van der Waals surface area contributed by atoms with E-state index in [9.17, 15) is 4.39 Å². The van der Waals surface area contributed by atoms with E-state index in [4.69, 9.17) is 9.90 Å². The normalized spacial score (nSPS) is 8.08. The molecule has 0 saturated heterocycles. The molecule has 0 bridgehead atoms. The fourth-order valence-electron chi connectivity index (χ4n) is 0. The zero-order valence-electron chi connectivity index (χ0n) is 8.23. The van der Waals surface area contributed by atoms with Gasteiger partial charge in [-0.05, 0) is 0 Å². The van der Waals surface area contributed by atoms with E-state index in [-0.39, 0.29) is 42.0 Å². The van der Waals surface area contributed by atoms with Gasteiger partial charge in [0, 0.05) is 0 Å². The van der Waals surface area contributed by atoms with Gasteiger partial charge in [-0.2, -0.15) is 0 Å². The Kier molecular flexibility index (Phi) is 22.3. The second-order valence-electron chi connectivity index (χ2n) is 3.19. The molecule has 0 spiro atoms. The third-order valence-corrected chi connectivity index (χ3v) is 0.109. The Morgan fingerprint density at radius 3 is 1.42 bits per heavy atom. The summed E-state index contributed by atoms with van der Waals surface area (Å²) in [7, 11) is 8.50. The maximum atomic E-state index is 10.5. The number of halogens is 2. The Morgan fingerprint density at radius 2 is 1.42 bits per heavy atom. The van der Waals surface area contributed by atoms with Gasteiger partial charge in [0.1, 0.15) is 6.67 Å². The molecule has 3 nitrogen and oxygen atoms in total. The molecule has 0 atom stereocenters. The van der Waals surface area contributed by atoms with Crippen LogP contribution in [0.2, 0.25) is 0 Å². The van der Waals surface area contributed by atoms with Gasteiger partial charge in [-0.15, -0.1) is 0 Å². The number of hydrogen-bond donors (Lipinski definition) is 0. The summed E-state index contributed by atoms with van der Waals surface area (Å²) < 4.78 is 11.5. The summed E-state index contributed by atoms with van der Waals surface area (Å²) in [6, 6.07) is 0. The fourth-order valence-corrected chi connectivity index (χ4v) is 0. The maximum Gasteiger partial charge on any atom is 1.00 e. The van der Waals surface area contributed by atoms with Gasteiger partial charge in [-0.25, -0.2) is 4.39 Å². The number of carbonyl (C=O) groups is 1. The molecule has 0 N–H and O–H groups in total. The van der Waals surface area contributed by atoms with Crippen molar-refractivity contribution in [3.05, 3.63) is 0 Å². The van der Waals surface area contributed by atoms with Gasteiger partial charge in [0.15, 0.2) is 0 Å². The van der Waals surface area contributed by atoms with Crippen molar-refractivity contribution in [1.29, 1.82) is 0 Å². The third kappa shape index (κ3) is 141. The van der Waals surface area contributed by atoms with Gasteiger partial charge < -0.3 is 26.8 Å². The summed E-state index contributed by atoms with van der Waals surface area (Å²) in [6.07, 6.45) is 0. The molecule has 0 unspecified atom stereocenters. The minimum atomic E-state index is -1.66. The minimum absolute atomic E-state index is 0. The number of hydrogen-bond acceptors (Lipinski definition) is 2. The Labute approximate surface area is 101 Å². The molecule has 0 aliphatic rings.